The molecule has 35 heavy (non-hydrogen) atoms. The summed E-state index contributed by atoms with van der Waals surface area (Å²) in [6, 6.07) is 10.4. The van der Waals surface area contributed by atoms with Crippen LogP contribution in [0.3, 0.4) is 0 Å². The van der Waals surface area contributed by atoms with E-state index in [1.165, 1.54) is 30.3 Å². The van der Waals surface area contributed by atoms with E-state index in [4.69, 9.17) is 10.5 Å². The number of nitrogens with two attached hydrogens (primary N) is 1. The van der Waals surface area contributed by atoms with Gasteiger partial charge in [0.15, 0.2) is 27.0 Å². The SMILES string of the molecule is Cc1ccc(S(=O)(=O)C2(C(=O)OCc3nc(N)nc(Nc4ccc(F)cc4)n3)CCCC2)cc1C. The molecule has 9 nitrogen and oxygen atoms in total. The lowest BCUT2D eigenvalue weighted by Gasteiger charge is -2.26. The largest absolute Gasteiger partial charge is 0.456 e. The third kappa shape index (κ3) is 4.95. The Morgan fingerprint density at radius 2 is 1.74 bits per heavy atom. The van der Waals surface area contributed by atoms with E-state index >= 15 is 0 Å². The van der Waals surface area contributed by atoms with Crippen molar-refractivity contribution in [1.29, 1.82) is 0 Å². The van der Waals surface area contributed by atoms with Crippen LogP contribution in [0, 0.1) is 19.7 Å². The molecule has 184 valence electrons. The number of sulfone groups is 1. The van der Waals surface area contributed by atoms with Gasteiger partial charge in [0.25, 0.3) is 0 Å². The monoisotopic (exact) mass is 499 g/mol. The van der Waals surface area contributed by atoms with Gasteiger partial charge in [0.1, 0.15) is 5.82 Å². The number of anilines is 3. The van der Waals surface area contributed by atoms with Gasteiger partial charge in [-0.15, -0.1) is 0 Å². The number of benzene rings is 2. The van der Waals surface area contributed by atoms with Crippen LogP contribution in [0.25, 0.3) is 0 Å². The number of ether oxygens (including phenoxy) is 1. The van der Waals surface area contributed by atoms with E-state index in [1.807, 2.05) is 13.8 Å². The Bertz CT molecular complexity index is 1360. The van der Waals surface area contributed by atoms with Crippen molar-refractivity contribution < 1.29 is 22.3 Å². The maximum atomic E-state index is 13.6. The number of rotatable bonds is 7. The topological polar surface area (TPSA) is 137 Å². The minimum Gasteiger partial charge on any atom is -0.456 e. The molecule has 1 aromatic heterocycles. The molecule has 0 saturated heterocycles. The molecule has 4 rings (SSSR count). The molecule has 0 aliphatic heterocycles. The van der Waals surface area contributed by atoms with Crippen molar-refractivity contribution in [2.75, 3.05) is 11.1 Å². The highest BCUT2D eigenvalue weighted by atomic mass is 32.2. The van der Waals surface area contributed by atoms with Crippen LogP contribution in [0.5, 0.6) is 0 Å². The fraction of sp³-hybridized carbons (Fsp3) is 0.333. The predicted octanol–water partition coefficient (Wildman–Crippen LogP) is 3.78. The van der Waals surface area contributed by atoms with Gasteiger partial charge in [-0.2, -0.15) is 15.0 Å². The number of carbonyl (C=O) groups is 1. The average Bonchev–Trinajstić information content (AvgIpc) is 3.32. The van der Waals surface area contributed by atoms with Crippen molar-refractivity contribution in [3.8, 4) is 0 Å². The highest BCUT2D eigenvalue weighted by Crippen LogP contribution is 2.42. The molecule has 0 radical (unpaired) electrons. The molecule has 1 fully saturated rings. The first-order chi connectivity index (χ1) is 16.6. The van der Waals surface area contributed by atoms with Crippen molar-refractivity contribution in [3.63, 3.8) is 0 Å². The van der Waals surface area contributed by atoms with Crippen LogP contribution in [0.2, 0.25) is 0 Å². The summed E-state index contributed by atoms with van der Waals surface area (Å²) in [5, 5.41) is 2.87. The zero-order chi connectivity index (χ0) is 25.2. The van der Waals surface area contributed by atoms with Gasteiger partial charge in [-0.05, 0) is 74.2 Å². The number of carbonyl (C=O) groups excluding carboxylic acids is 1. The van der Waals surface area contributed by atoms with Crippen molar-refractivity contribution in [2.24, 2.45) is 0 Å². The summed E-state index contributed by atoms with van der Waals surface area (Å²) < 4.78 is 44.1. The number of aryl methyl sites for hydroxylation is 2. The second-order valence-electron chi connectivity index (χ2n) is 8.59. The summed E-state index contributed by atoms with van der Waals surface area (Å²) in [6.45, 7) is 3.34. The minimum absolute atomic E-state index is 0.0483. The molecule has 0 amide bonds. The molecule has 1 saturated carbocycles. The van der Waals surface area contributed by atoms with E-state index in [2.05, 4.69) is 20.3 Å². The molecule has 3 aromatic rings. The zero-order valence-electron chi connectivity index (χ0n) is 19.4. The van der Waals surface area contributed by atoms with Crippen molar-refractivity contribution >= 4 is 33.4 Å². The van der Waals surface area contributed by atoms with Crippen LogP contribution in [0.1, 0.15) is 42.6 Å². The Hall–Kier alpha value is -3.60. The summed E-state index contributed by atoms with van der Waals surface area (Å²) in [4.78, 5) is 25.5. The van der Waals surface area contributed by atoms with E-state index in [0.29, 0.717) is 18.5 Å². The number of halogens is 1. The van der Waals surface area contributed by atoms with Crippen LogP contribution in [-0.4, -0.2) is 34.1 Å². The van der Waals surface area contributed by atoms with Gasteiger partial charge in [0.2, 0.25) is 11.9 Å². The van der Waals surface area contributed by atoms with Crippen LogP contribution >= 0.6 is 0 Å². The quantitative estimate of drug-likeness (QED) is 0.465. The summed E-state index contributed by atoms with van der Waals surface area (Å²) in [5.41, 5.74) is 8.07. The molecule has 3 N–H and O–H groups in total. The lowest BCUT2D eigenvalue weighted by Crippen LogP contribution is -2.45. The van der Waals surface area contributed by atoms with Crippen LogP contribution in [-0.2, 0) is 26.0 Å². The molecule has 1 aliphatic carbocycles. The third-order valence-electron chi connectivity index (χ3n) is 6.22. The first-order valence-electron chi connectivity index (χ1n) is 11.1. The van der Waals surface area contributed by atoms with Gasteiger partial charge in [0, 0.05) is 5.69 Å². The third-order valence-corrected chi connectivity index (χ3v) is 8.70. The standard InChI is InChI=1S/C24H26FN5O4S/c1-15-5-10-19(13-16(15)2)35(32,33)24(11-3-4-12-24)21(31)34-14-20-28-22(26)30-23(29-20)27-18-8-6-17(25)7-9-18/h5-10,13H,3-4,11-12,14H2,1-2H3,(H3,26,27,28,29,30). The molecule has 0 bridgehead atoms. The van der Waals surface area contributed by atoms with Crippen LogP contribution < -0.4 is 11.1 Å². The fourth-order valence-electron chi connectivity index (χ4n) is 4.12. The maximum Gasteiger partial charge on any atom is 0.328 e. The zero-order valence-corrected chi connectivity index (χ0v) is 20.2. The smallest absolute Gasteiger partial charge is 0.328 e. The number of esters is 1. The molecule has 0 spiro atoms. The highest BCUT2D eigenvalue weighted by molar-refractivity contribution is 7.93. The molecule has 2 aromatic carbocycles. The highest BCUT2D eigenvalue weighted by Gasteiger charge is 2.54. The van der Waals surface area contributed by atoms with E-state index < -0.39 is 26.4 Å². The first-order valence-corrected chi connectivity index (χ1v) is 12.6. The van der Waals surface area contributed by atoms with Gasteiger partial charge >= 0.3 is 5.97 Å². The second kappa shape index (κ2) is 9.57. The Kier molecular flexibility index (Phi) is 6.70. The summed E-state index contributed by atoms with van der Waals surface area (Å²) in [7, 11) is -4.00. The predicted molar refractivity (Wildman–Crippen MR) is 128 cm³/mol. The Morgan fingerprint density at radius 3 is 2.40 bits per heavy atom. The Balaban J connectivity index is 1.54. The van der Waals surface area contributed by atoms with Crippen LogP contribution in [0.15, 0.2) is 47.4 Å². The van der Waals surface area contributed by atoms with Gasteiger partial charge in [-0.3, -0.25) is 4.79 Å². The number of nitrogens with one attached hydrogen (secondary N) is 1. The minimum atomic E-state index is -4.00. The van der Waals surface area contributed by atoms with E-state index in [-0.39, 0.29) is 42.1 Å². The van der Waals surface area contributed by atoms with Crippen LogP contribution in [0.4, 0.5) is 22.0 Å². The average molecular weight is 500 g/mol. The molecule has 1 heterocycles. The number of aromatic nitrogens is 3. The Morgan fingerprint density at radius 1 is 1.06 bits per heavy atom. The normalized spacial score (nSPS) is 15.1. The molecule has 0 atom stereocenters. The van der Waals surface area contributed by atoms with Gasteiger partial charge < -0.3 is 15.8 Å². The number of nitrogens with zero attached hydrogens (tertiary/aromatic N) is 3. The molecule has 1 aliphatic rings. The molecule has 11 heteroatoms. The first kappa shape index (κ1) is 24.5. The second-order valence-corrected chi connectivity index (χ2v) is 10.9. The summed E-state index contributed by atoms with van der Waals surface area (Å²) in [5.74, 6) is -1.22. The molecular formula is C24H26FN5O4S. The molecular weight excluding hydrogens is 473 g/mol. The number of nitrogen functional groups attached to an aromatic ring is 1. The maximum absolute atomic E-state index is 13.6. The van der Waals surface area contributed by atoms with E-state index in [9.17, 15) is 17.6 Å². The van der Waals surface area contributed by atoms with Gasteiger partial charge in [0.05, 0.1) is 4.90 Å². The van der Waals surface area contributed by atoms with E-state index in [1.54, 1.807) is 12.1 Å². The van der Waals surface area contributed by atoms with Gasteiger partial charge in [-0.1, -0.05) is 18.9 Å². The lowest BCUT2D eigenvalue weighted by atomic mass is 10.1. The molecule has 0 unspecified atom stereocenters. The lowest BCUT2D eigenvalue weighted by molar-refractivity contribution is -0.148. The number of hydrogen-bond donors (Lipinski definition) is 2. The summed E-state index contributed by atoms with van der Waals surface area (Å²) in [6.07, 6.45) is 1.56. The van der Waals surface area contributed by atoms with Crippen molar-refractivity contribution in [1.82, 2.24) is 15.0 Å². The van der Waals surface area contributed by atoms with E-state index in [0.717, 1.165) is 11.1 Å². The Labute approximate surface area is 202 Å². The summed E-state index contributed by atoms with van der Waals surface area (Å²) >= 11 is 0. The fourth-order valence-corrected chi connectivity index (χ4v) is 6.25. The van der Waals surface area contributed by atoms with Crippen molar-refractivity contribution in [3.05, 3.63) is 65.2 Å². The van der Waals surface area contributed by atoms with Crippen molar-refractivity contribution in [2.45, 2.75) is 55.8 Å². The number of hydrogen-bond acceptors (Lipinski definition) is 9. The van der Waals surface area contributed by atoms with Gasteiger partial charge in [-0.25, -0.2) is 12.8 Å².